The van der Waals surface area contributed by atoms with Crippen molar-refractivity contribution in [3.8, 4) is 5.75 Å². The van der Waals surface area contributed by atoms with Crippen molar-refractivity contribution in [3.63, 3.8) is 0 Å². The molecule has 0 N–H and O–H groups in total. The van der Waals surface area contributed by atoms with Crippen LogP contribution < -0.4 is 4.74 Å². The van der Waals surface area contributed by atoms with E-state index in [0.29, 0.717) is 24.3 Å². The Labute approximate surface area is 269 Å². The molecule has 5 aromatic carbocycles. The highest BCUT2D eigenvalue weighted by Crippen LogP contribution is 2.42. The van der Waals surface area contributed by atoms with Gasteiger partial charge >= 0.3 is 11.9 Å². The summed E-state index contributed by atoms with van der Waals surface area (Å²) in [5.41, 5.74) is 4.66. The minimum absolute atomic E-state index is 0.223. The van der Waals surface area contributed by atoms with Crippen molar-refractivity contribution < 1.29 is 28.5 Å². The Morgan fingerprint density at radius 3 is 1.89 bits per heavy atom. The highest BCUT2D eigenvalue weighted by Gasteiger charge is 2.45. The first-order valence-corrected chi connectivity index (χ1v) is 15.5. The molecule has 1 aliphatic heterocycles. The molecule has 232 valence electrons. The molecule has 0 unspecified atom stereocenters. The summed E-state index contributed by atoms with van der Waals surface area (Å²) in [7, 11) is 1.36. The molecule has 0 aromatic heterocycles. The average molecular weight is 613 g/mol. The zero-order chi connectivity index (χ0) is 31.8. The number of rotatable bonds is 13. The Kier molecular flexibility index (Phi) is 9.56. The maximum Gasteiger partial charge on any atom is 0.337 e. The Bertz CT molecular complexity index is 1660. The van der Waals surface area contributed by atoms with E-state index in [2.05, 4.69) is 48.5 Å². The third-order valence-corrected chi connectivity index (χ3v) is 8.41. The van der Waals surface area contributed by atoms with Gasteiger partial charge in [-0.1, -0.05) is 121 Å². The van der Waals surface area contributed by atoms with Gasteiger partial charge in [-0.3, -0.25) is 4.79 Å². The monoisotopic (exact) mass is 612 g/mol. The van der Waals surface area contributed by atoms with Gasteiger partial charge in [-0.15, -0.1) is 0 Å². The number of hydrogen-bond donors (Lipinski definition) is 0. The van der Waals surface area contributed by atoms with E-state index in [1.54, 1.807) is 18.2 Å². The van der Waals surface area contributed by atoms with Gasteiger partial charge < -0.3 is 18.9 Å². The fourth-order valence-corrected chi connectivity index (χ4v) is 6.00. The molecule has 0 radical (unpaired) electrons. The van der Waals surface area contributed by atoms with Crippen LogP contribution in [0.2, 0.25) is 0 Å². The van der Waals surface area contributed by atoms with Gasteiger partial charge in [-0.25, -0.2) is 4.79 Å². The Morgan fingerprint density at radius 1 is 0.717 bits per heavy atom. The summed E-state index contributed by atoms with van der Waals surface area (Å²) in [5.74, 6) is -0.414. The first kappa shape index (κ1) is 30.8. The second-order valence-electron chi connectivity index (χ2n) is 11.3. The van der Waals surface area contributed by atoms with Crippen LogP contribution in [0.5, 0.6) is 5.75 Å². The first-order chi connectivity index (χ1) is 22.6. The van der Waals surface area contributed by atoms with E-state index in [4.69, 9.17) is 18.9 Å². The van der Waals surface area contributed by atoms with Gasteiger partial charge in [0.1, 0.15) is 30.0 Å². The number of hydrogen-bond acceptors (Lipinski definition) is 6. The van der Waals surface area contributed by atoms with Crippen LogP contribution in [0, 0.1) is 5.92 Å². The minimum Gasteiger partial charge on any atom is -0.489 e. The second-order valence-corrected chi connectivity index (χ2v) is 11.3. The third kappa shape index (κ3) is 6.72. The predicted octanol–water partition coefficient (Wildman–Crippen LogP) is 7.54. The van der Waals surface area contributed by atoms with Gasteiger partial charge in [0.15, 0.2) is 0 Å². The van der Waals surface area contributed by atoms with Crippen molar-refractivity contribution in [2.45, 2.75) is 31.2 Å². The van der Waals surface area contributed by atoms with Crippen molar-refractivity contribution in [1.82, 2.24) is 0 Å². The number of ether oxygens (including phenoxy) is 4. The molecule has 6 rings (SSSR count). The lowest BCUT2D eigenvalue weighted by Crippen LogP contribution is -2.49. The zero-order valence-corrected chi connectivity index (χ0v) is 25.7. The molecule has 1 aliphatic rings. The van der Waals surface area contributed by atoms with Crippen molar-refractivity contribution in [3.05, 3.63) is 173 Å². The second kappa shape index (κ2) is 14.3. The van der Waals surface area contributed by atoms with Crippen LogP contribution in [0.15, 0.2) is 140 Å². The van der Waals surface area contributed by atoms with Gasteiger partial charge in [0.2, 0.25) is 0 Å². The minimum atomic E-state index is -0.894. The number of benzene rings is 5. The largest absolute Gasteiger partial charge is 0.489 e. The van der Waals surface area contributed by atoms with Gasteiger partial charge in [-0.05, 0) is 58.9 Å². The van der Waals surface area contributed by atoms with E-state index in [1.165, 1.54) is 7.11 Å². The summed E-state index contributed by atoms with van der Waals surface area (Å²) in [5, 5.41) is 0. The summed E-state index contributed by atoms with van der Waals surface area (Å²) in [4.78, 5) is 24.6. The third-order valence-electron chi connectivity index (χ3n) is 8.41. The van der Waals surface area contributed by atoms with Crippen molar-refractivity contribution in [2.24, 2.45) is 5.92 Å². The van der Waals surface area contributed by atoms with Crippen LogP contribution in [0.25, 0.3) is 0 Å². The molecule has 46 heavy (non-hydrogen) atoms. The molecule has 1 fully saturated rings. The van der Waals surface area contributed by atoms with E-state index in [0.717, 1.165) is 34.2 Å². The summed E-state index contributed by atoms with van der Waals surface area (Å²) >= 11 is 0. The molecule has 1 heterocycles. The highest BCUT2D eigenvalue weighted by atomic mass is 16.6. The van der Waals surface area contributed by atoms with E-state index in [-0.39, 0.29) is 24.6 Å². The summed E-state index contributed by atoms with van der Waals surface area (Å²) in [6.07, 6.45) is 1.18. The Hall–Kier alpha value is -5.20. The molecule has 5 aromatic rings. The van der Waals surface area contributed by atoms with Crippen LogP contribution >= 0.6 is 0 Å². The molecule has 0 spiro atoms. The number of carbonyl (C=O) groups excluding carboxylic acids is 2. The number of cyclic esters (lactones) is 1. The molecule has 6 nitrogen and oxygen atoms in total. The molecular formula is C40H36O6. The number of carbonyl (C=O) groups is 2. The number of aryl methyl sites for hydroxylation is 1. The van der Waals surface area contributed by atoms with Crippen LogP contribution in [0.1, 0.15) is 44.6 Å². The molecule has 0 bridgehead atoms. The van der Waals surface area contributed by atoms with E-state index in [9.17, 15) is 9.59 Å². The fraction of sp³-hybridized carbons (Fsp3) is 0.200. The number of esters is 2. The normalized spacial score (nSPS) is 15.8. The predicted molar refractivity (Wildman–Crippen MR) is 175 cm³/mol. The summed E-state index contributed by atoms with van der Waals surface area (Å²) in [6, 6.07) is 45.6. The number of methoxy groups -OCH3 is 1. The maximum atomic E-state index is 12.8. The summed E-state index contributed by atoms with van der Waals surface area (Å²) < 4.78 is 23.3. The van der Waals surface area contributed by atoms with E-state index in [1.807, 2.05) is 72.8 Å². The molecule has 2 atom stereocenters. The topological polar surface area (TPSA) is 71.1 Å². The van der Waals surface area contributed by atoms with Gasteiger partial charge in [0.05, 0.1) is 19.3 Å². The van der Waals surface area contributed by atoms with Crippen molar-refractivity contribution in [2.75, 3.05) is 13.7 Å². The quantitative estimate of drug-likeness (QED) is 0.101. The average Bonchev–Trinajstić information content (AvgIpc) is 3.12. The molecular weight excluding hydrogens is 576 g/mol. The smallest absolute Gasteiger partial charge is 0.337 e. The molecule has 6 heteroatoms. The fourth-order valence-electron chi connectivity index (χ4n) is 6.00. The first-order valence-electron chi connectivity index (χ1n) is 15.5. The lowest BCUT2D eigenvalue weighted by atomic mass is 9.79. The van der Waals surface area contributed by atoms with Crippen LogP contribution in [-0.4, -0.2) is 31.8 Å². The van der Waals surface area contributed by atoms with Crippen LogP contribution in [-0.2, 0) is 37.6 Å². The van der Waals surface area contributed by atoms with Crippen molar-refractivity contribution >= 4 is 11.9 Å². The van der Waals surface area contributed by atoms with Gasteiger partial charge in [0.25, 0.3) is 0 Å². The van der Waals surface area contributed by atoms with E-state index >= 15 is 0 Å². The molecule has 1 saturated heterocycles. The molecule has 0 amide bonds. The summed E-state index contributed by atoms with van der Waals surface area (Å²) in [6.45, 7) is 0.578. The highest BCUT2D eigenvalue weighted by molar-refractivity contribution is 5.89. The standard InChI is InChI=1S/C40H36O6/c1-43-38(41)31-15-12-22-35(26-31)44-27-30-14-11-13-29(25-30)23-24-37-36(39(42)46-37)28-45-40(32-16-5-2-6-17-32,33-18-7-3-8-19-33)34-20-9-4-10-21-34/h2-22,25-26,36-37H,23-24,27-28H2,1H3/t36-,37-/m1/s1. The van der Waals surface area contributed by atoms with E-state index < -0.39 is 11.6 Å². The maximum absolute atomic E-state index is 12.8. The Morgan fingerprint density at radius 2 is 1.30 bits per heavy atom. The van der Waals surface area contributed by atoms with Gasteiger partial charge in [-0.2, -0.15) is 0 Å². The van der Waals surface area contributed by atoms with Crippen LogP contribution in [0.3, 0.4) is 0 Å². The Balaban J connectivity index is 1.14. The molecule has 0 saturated carbocycles. The lowest BCUT2D eigenvalue weighted by Gasteiger charge is -2.40. The SMILES string of the molecule is COC(=O)c1cccc(OCc2cccc(CC[C@H]3OC(=O)[C@@H]3COC(c3ccccc3)(c3ccccc3)c3ccccc3)c2)c1. The zero-order valence-electron chi connectivity index (χ0n) is 25.7. The van der Waals surface area contributed by atoms with Crippen molar-refractivity contribution in [1.29, 1.82) is 0 Å². The van der Waals surface area contributed by atoms with Gasteiger partial charge in [0, 0.05) is 0 Å². The molecule has 0 aliphatic carbocycles. The lowest BCUT2D eigenvalue weighted by molar-refractivity contribution is -0.194. The van der Waals surface area contributed by atoms with Crippen LogP contribution in [0.4, 0.5) is 0 Å².